The first-order valence-electron chi connectivity index (χ1n) is 8.56. The van der Waals surface area contributed by atoms with Crippen molar-refractivity contribution >= 4 is 23.4 Å². The Morgan fingerprint density at radius 1 is 1.42 bits per heavy atom. The monoisotopic (exact) mass is 352 g/mol. The number of hydrogen-bond donors (Lipinski definition) is 1. The van der Waals surface area contributed by atoms with E-state index in [2.05, 4.69) is 23.4 Å². The zero-order valence-corrected chi connectivity index (χ0v) is 14.6. The molecule has 1 atom stereocenters. The maximum atomic E-state index is 12.2. The maximum Gasteiger partial charge on any atom is 0.281 e. The van der Waals surface area contributed by atoms with E-state index in [1.165, 1.54) is 0 Å². The lowest BCUT2D eigenvalue weighted by molar-refractivity contribution is -0.138. The van der Waals surface area contributed by atoms with E-state index in [-0.39, 0.29) is 25.0 Å². The van der Waals surface area contributed by atoms with Crippen LogP contribution in [0.15, 0.2) is 41.0 Å². The van der Waals surface area contributed by atoms with Gasteiger partial charge in [-0.3, -0.25) is 9.59 Å². The van der Waals surface area contributed by atoms with Gasteiger partial charge in [-0.1, -0.05) is 13.0 Å². The van der Waals surface area contributed by atoms with Gasteiger partial charge >= 0.3 is 0 Å². The van der Waals surface area contributed by atoms with Crippen LogP contribution in [0.5, 0.6) is 0 Å². The van der Waals surface area contributed by atoms with Crippen LogP contribution in [0.25, 0.3) is 0 Å². The normalized spacial score (nSPS) is 19.8. The van der Waals surface area contributed by atoms with Gasteiger partial charge in [0.15, 0.2) is 6.61 Å². The standard InChI is InChI=1S/C19H20N4O3/c1-13-2-6-15(7-3-13)19-22-23(18(25)12-26-19)11-17(24)21-16-8-4-14(10-20)5-9-16/h4-6,8-9,13H,2-3,7,11-12H2,1H3,(H,21,24). The molecule has 0 radical (unpaired) electrons. The highest BCUT2D eigenvalue weighted by atomic mass is 16.5. The molecule has 0 aromatic heterocycles. The van der Waals surface area contributed by atoms with Gasteiger partial charge < -0.3 is 10.1 Å². The highest BCUT2D eigenvalue weighted by Gasteiger charge is 2.26. The minimum absolute atomic E-state index is 0.115. The molecular formula is C19H20N4O3. The number of nitrogens with one attached hydrogen (secondary N) is 1. The second-order valence-corrected chi connectivity index (χ2v) is 6.49. The first kappa shape index (κ1) is 17.7. The Bertz CT molecular complexity index is 805. The van der Waals surface area contributed by atoms with E-state index in [1.807, 2.05) is 6.07 Å². The summed E-state index contributed by atoms with van der Waals surface area (Å²) in [6.07, 6.45) is 4.98. The Hall–Kier alpha value is -3.14. The molecule has 1 heterocycles. The number of hydrogen-bond acceptors (Lipinski definition) is 5. The van der Waals surface area contributed by atoms with Gasteiger partial charge in [0.1, 0.15) is 6.54 Å². The summed E-state index contributed by atoms with van der Waals surface area (Å²) in [5.74, 6) is 0.356. The van der Waals surface area contributed by atoms with Crippen molar-refractivity contribution in [2.75, 3.05) is 18.5 Å². The van der Waals surface area contributed by atoms with Crippen molar-refractivity contribution in [2.24, 2.45) is 11.0 Å². The second kappa shape index (κ2) is 7.83. The van der Waals surface area contributed by atoms with E-state index in [0.29, 0.717) is 23.1 Å². The Kier molecular flexibility index (Phi) is 5.32. The fourth-order valence-corrected chi connectivity index (χ4v) is 2.80. The average molecular weight is 352 g/mol. The third-order valence-corrected chi connectivity index (χ3v) is 4.37. The zero-order valence-electron chi connectivity index (χ0n) is 14.6. The molecule has 3 rings (SSSR count). The van der Waals surface area contributed by atoms with Crippen LogP contribution in [-0.2, 0) is 14.3 Å². The lowest BCUT2D eigenvalue weighted by Gasteiger charge is -2.26. The van der Waals surface area contributed by atoms with Crippen LogP contribution in [0, 0.1) is 17.2 Å². The SMILES string of the molecule is CC1CC=C(C2=NN(CC(=O)Nc3ccc(C#N)cc3)C(=O)CO2)CC1. The Labute approximate surface area is 151 Å². The number of carbonyl (C=O) groups is 2. The van der Waals surface area contributed by atoms with Gasteiger partial charge in [0.05, 0.1) is 11.6 Å². The topological polar surface area (TPSA) is 94.8 Å². The number of nitrogens with zero attached hydrogens (tertiary/aromatic N) is 3. The van der Waals surface area contributed by atoms with Gasteiger partial charge in [0, 0.05) is 11.3 Å². The van der Waals surface area contributed by atoms with Crippen LogP contribution in [0.3, 0.4) is 0 Å². The minimum Gasteiger partial charge on any atom is -0.466 e. The predicted octanol–water partition coefficient (Wildman–Crippen LogP) is 2.42. The van der Waals surface area contributed by atoms with E-state index in [0.717, 1.165) is 29.8 Å². The summed E-state index contributed by atoms with van der Waals surface area (Å²) in [5.41, 5.74) is 2.06. The quantitative estimate of drug-likeness (QED) is 0.900. The third kappa shape index (κ3) is 4.28. The third-order valence-electron chi connectivity index (χ3n) is 4.37. The molecule has 1 aliphatic heterocycles. The summed E-state index contributed by atoms with van der Waals surface area (Å²) in [6.45, 7) is 1.89. The van der Waals surface area contributed by atoms with Crippen LogP contribution in [0.4, 0.5) is 5.69 Å². The molecule has 1 aliphatic carbocycles. The molecule has 1 N–H and O–H groups in total. The van der Waals surface area contributed by atoms with Crippen LogP contribution in [0.2, 0.25) is 0 Å². The van der Waals surface area contributed by atoms with E-state index in [1.54, 1.807) is 24.3 Å². The minimum atomic E-state index is -0.362. The van der Waals surface area contributed by atoms with Crippen molar-refractivity contribution in [1.29, 1.82) is 5.26 Å². The summed E-state index contributed by atoms with van der Waals surface area (Å²) < 4.78 is 5.45. The van der Waals surface area contributed by atoms with Crippen LogP contribution >= 0.6 is 0 Å². The van der Waals surface area contributed by atoms with E-state index in [9.17, 15) is 9.59 Å². The number of hydrazone groups is 1. The first-order valence-corrected chi connectivity index (χ1v) is 8.56. The Balaban J connectivity index is 1.65. The summed E-state index contributed by atoms with van der Waals surface area (Å²) in [7, 11) is 0. The number of anilines is 1. The summed E-state index contributed by atoms with van der Waals surface area (Å²) >= 11 is 0. The molecular weight excluding hydrogens is 332 g/mol. The number of allylic oxidation sites excluding steroid dienone is 1. The molecule has 0 spiro atoms. The van der Waals surface area contributed by atoms with Crippen molar-refractivity contribution in [1.82, 2.24) is 5.01 Å². The van der Waals surface area contributed by atoms with Crippen molar-refractivity contribution in [2.45, 2.75) is 26.2 Å². The molecule has 1 unspecified atom stereocenters. The number of nitriles is 1. The number of benzene rings is 1. The highest BCUT2D eigenvalue weighted by molar-refractivity contribution is 6.00. The summed E-state index contributed by atoms with van der Waals surface area (Å²) in [5, 5.41) is 16.9. The van der Waals surface area contributed by atoms with E-state index >= 15 is 0 Å². The predicted molar refractivity (Wildman–Crippen MR) is 96.0 cm³/mol. The highest BCUT2D eigenvalue weighted by Crippen LogP contribution is 2.25. The van der Waals surface area contributed by atoms with Crippen LogP contribution in [0.1, 0.15) is 31.7 Å². The Morgan fingerprint density at radius 2 is 2.19 bits per heavy atom. The first-order chi connectivity index (χ1) is 12.5. The molecule has 7 nitrogen and oxygen atoms in total. The fourth-order valence-electron chi connectivity index (χ4n) is 2.80. The van der Waals surface area contributed by atoms with Crippen molar-refractivity contribution in [3.05, 3.63) is 41.5 Å². The number of amides is 2. The maximum absolute atomic E-state index is 12.2. The molecule has 0 saturated carbocycles. The van der Waals surface area contributed by atoms with Crippen LogP contribution in [-0.4, -0.2) is 35.9 Å². The van der Waals surface area contributed by atoms with Gasteiger partial charge in [-0.2, -0.15) is 5.26 Å². The molecule has 0 fully saturated rings. The van der Waals surface area contributed by atoms with Gasteiger partial charge in [0.2, 0.25) is 11.8 Å². The van der Waals surface area contributed by atoms with Crippen molar-refractivity contribution in [3.63, 3.8) is 0 Å². The molecule has 1 aromatic carbocycles. The van der Waals surface area contributed by atoms with Gasteiger partial charge in [-0.15, -0.1) is 5.10 Å². The fraction of sp³-hybridized carbons (Fsp3) is 0.368. The van der Waals surface area contributed by atoms with E-state index in [4.69, 9.17) is 10.00 Å². The number of carbonyl (C=O) groups excluding carboxylic acids is 2. The molecule has 0 bridgehead atoms. The number of ether oxygens (including phenoxy) is 1. The molecule has 0 saturated heterocycles. The Morgan fingerprint density at radius 3 is 2.85 bits per heavy atom. The molecule has 2 amide bonds. The van der Waals surface area contributed by atoms with Gasteiger partial charge in [-0.05, 0) is 49.4 Å². The number of rotatable bonds is 4. The van der Waals surface area contributed by atoms with Gasteiger partial charge in [0.25, 0.3) is 5.91 Å². The molecule has 2 aliphatic rings. The summed E-state index contributed by atoms with van der Waals surface area (Å²) in [4.78, 5) is 24.2. The smallest absolute Gasteiger partial charge is 0.281 e. The molecule has 7 heteroatoms. The lowest BCUT2D eigenvalue weighted by Crippen LogP contribution is -2.41. The van der Waals surface area contributed by atoms with Crippen molar-refractivity contribution < 1.29 is 14.3 Å². The largest absolute Gasteiger partial charge is 0.466 e. The van der Waals surface area contributed by atoms with Crippen LogP contribution < -0.4 is 5.32 Å². The van der Waals surface area contributed by atoms with Crippen molar-refractivity contribution in [3.8, 4) is 6.07 Å². The second-order valence-electron chi connectivity index (χ2n) is 6.49. The molecule has 1 aromatic rings. The lowest BCUT2D eigenvalue weighted by atomic mass is 9.91. The van der Waals surface area contributed by atoms with Gasteiger partial charge in [-0.25, -0.2) is 5.01 Å². The average Bonchev–Trinajstić information content (AvgIpc) is 2.65. The summed E-state index contributed by atoms with van der Waals surface area (Å²) in [6, 6.07) is 8.52. The molecule has 134 valence electrons. The van der Waals surface area contributed by atoms with E-state index < -0.39 is 0 Å². The molecule has 26 heavy (non-hydrogen) atoms. The zero-order chi connectivity index (χ0) is 18.5.